The molecule has 0 fully saturated rings. The molecule has 98 valence electrons. The highest BCUT2D eigenvalue weighted by atomic mass is 32.2. The van der Waals surface area contributed by atoms with E-state index in [1.165, 1.54) is 5.52 Å². The van der Waals surface area contributed by atoms with Crippen LogP contribution >= 0.6 is 23.1 Å². The molecule has 5 heteroatoms. The molecule has 0 N–H and O–H groups in total. The fraction of sp³-hybridized carbons (Fsp3) is 0.286. The van der Waals surface area contributed by atoms with Gasteiger partial charge < -0.3 is 4.57 Å². The van der Waals surface area contributed by atoms with E-state index in [2.05, 4.69) is 40.1 Å². The normalized spacial score (nSPS) is 11.3. The number of nitrogens with zero attached hydrogens (tertiary/aromatic N) is 3. The van der Waals surface area contributed by atoms with Gasteiger partial charge in [0.15, 0.2) is 5.16 Å². The van der Waals surface area contributed by atoms with Gasteiger partial charge in [0.1, 0.15) is 0 Å². The molecule has 0 radical (unpaired) electrons. The molecule has 3 rings (SSSR count). The van der Waals surface area contributed by atoms with Crippen molar-refractivity contribution in [1.82, 2.24) is 14.5 Å². The monoisotopic (exact) mass is 289 g/mol. The summed E-state index contributed by atoms with van der Waals surface area (Å²) in [5, 5.41) is 4.33. The minimum atomic E-state index is 0.883. The topological polar surface area (TPSA) is 30.7 Å². The summed E-state index contributed by atoms with van der Waals surface area (Å²) in [5.41, 5.74) is 3.42. The zero-order valence-electron chi connectivity index (χ0n) is 11.0. The predicted octanol–water partition coefficient (Wildman–Crippen LogP) is 4.11. The second-order valence-electron chi connectivity index (χ2n) is 4.27. The molecule has 0 aliphatic carbocycles. The molecule has 0 spiro atoms. The highest BCUT2D eigenvalue weighted by Crippen LogP contribution is 2.27. The van der Waals surface area contributed by atoms with Gasteiger partial charge in [-0.1, -0.05) is 23.9 Å². The fourth-order valence-corrected chi connectivity index (χ4v) is 3.77. The molecule has 2 aromatic heterocycles. The van der Waals surface area contributed by atoms with Gasteiger partial charge in [0.05, 0.1) is 21.7 Å². The van der Waals surface area contributed by atoms with E-state index < -0.39 is 0 Å². The molecule has 0 amide bonds. The van der Waals surface area contributed by atoms with Crippen molar-refractivity contribution in [3.8, 4) is 0 Å². The van der Waals surface area contributed by atoms with E-state index in [1.807, 2.05) is 13.0 Å². The van der Waals surface area contributed by atoms with Crippen LogP contribution in [-0.4, -0.2) is 14.5 Å². The van der Waals surface area contributed by atoms with Crippen molar-refractivity contribution in [2.75, 3.05) is 0 Å². The van der Waals surface area contributed by atoms with Gasteiger partial charge >= 0.3 is 0 Å². The van der Waals surface area contributed by atoms with E-state index in [4.69, 9.17) is 4.98 Å². The van der Waals surface area contributed by atoms with Crippen LogP contribution in [0.25, 0.3) is 11.0 Å². The van der Waals surface area contributed by atoms with E-state index in [1.54, 1.807) is 23.1 Å². The lowest BCUT2D eigenvalue weighted by atomic mass is 10.3. The first-order chi connectivity index (χ1) is 9.28. The van der Waals surface area contributed by atoms with Gasteiger partial charge in [0.2, 0.25) is 0 Å². The van der Waals surface area contributed by atoms with Gasteiger partial charge in [-0.2, -0.15) is 0 Å². The Labute approximate surface area is 120 Å². The van der Waals surface area contributed by atoms with Gasteiger partial charge in [-0.05, 0) is 26.0 Å². The zero-order chi connectivity index (χ0) is 13.2. The molecule has 0 aliphatic rings. The van der Waals surface area contributed by atoms with Crippen LogP contribution in [0.2, 0.25) is 0 Å². The van der Waals surface area contributed by atoms with E-state index >= 15 is 0 Å². The summed E-state index contributed by atoms with van der Waals surface area (Å²) in [6, 6.07) is 8.30. The number of hydrogen-bond donors (Lipinski definition) is 0. The van der Waals surface area contributed by atoms with Crippen LogP contribution in [0.4, 0.5) is 0 Å². The SMILES string of the molecule is CCn1c(SCc2csc(C)n2)nc2ccccc21. The average molecular weight is 289 g/mol. The van der Waals surface area contributed by atoms with Gasteiger partial charge in [-0.15, -0.1) is 11.3 Å². The first kappa shape index (κ1) is 12.7. The Morgan fingerprint density at radius 1 is 1.26 bits per heavy atom. The van der Waals surface area contributed by atoms with Gasteiger partial charge in [-0.25, -0.2) is 9.97 Å². The number of imidazole rings is 1. The van der Waals surface area contributed by atoms with Gasteiger partial charge in [-0.3, -0.25) is 0 Å². The Bertz CT molecular complexity index is 700. The van der Waals surface area contributed by atoms with Crippen molar-refractivity contribution in [1.29, 1.82) is 0 Å². The average Bonchev–Trinajstić information content (AvgIpc) is 2.99. The first-order valence-electron chi connectivity index (χ1n) is 6.27. The Kier molecular flexibility index (Phi) is 3.57. The summed E-state index contributed by atoms with van der Waals surface area (Å²) < 4.78 is 2.26. The Balaban J connectivity index is 1.87. The Morgan fingerprint density at radius 3 is 2.84 bits per heavy atom. The maximum absolute atomic E-state index is 4.71. The number of hydrogen-bond acceptors (Lipinski definition) is 4. The van der Waals surface area contributed by atoms with Crippen molar-refractivity contribution >= 4 is 34.1 Å². The van der Waals surface area contributed by atoms with Crippen LogP contribution in [-0.2, 0) is 12.3 Å². The molecule has 0 saturated carbocycles. The lowest BCUT2D eigenvalue weighted by Gasteiger charge is -2.04. The lowest BCUT2D eigenvalue weighted by Crippen LogP contribution is -1.96. The van der Waals surface area contributed by atoms with Crippen LogP contribution in [0, 0.1) is 6.92 Å². The predicted molar refractivity (Wildman–Crippen MR) is 81.8 cm³/mol. The Hall–Kier alpha value is -1.33. The standard InChI is InChI=1S/C14H15N3S2/c1-3-17-13-7-5-4-6-12(13)16-14(17)19-9-11-8-18-10(2)15-11/h4-8H,3,9H2,1-2H3. The Morgan fingerprint density at radius 2 is 2.11 bits per heavy atom. The first-order valence-corrected chi connectivity index (χ1v) is 8.13. The molecule has 0 atom stereocenters. The van der Waals surface area contributed by atoms with Crippen LogP contribution in [0.3, 0.4) is 0 Å². The molecule has 0 unspecified atom stereocenters. The molecular weight excluding hydrogens is 274 g/mol. The van der Waals surface area contributed by atoms with Crippen molar-refractivity contribution < 1.29 is 0 Å². The maximum atomic E-state index is 4.71. The minimum absolute atomic E-state index is 0.883. The number of thiazole rings is 1. The number of rotatable bonds is 4. The van der Waals surface area contributed by atoms with E-state index in [0.717, 1.165) is 33.7 Å². The lowest BCUT2D eigenvalue weighted by molar-refractivity contribution is 0.702. The van der Waals surface area contributed by atoms with Gasteiger partial charge in [0.25, 0.3) is 0 Å². The van der Waals surface area contributed by atoms with Crippen LogP contribution < -0.4 is 0 Å². The number of thioether (sulfide) groups is 1. The zero-order valence-corrected chi connectivity index (χ0v) is 12.6. The molecule has 1 aromatic carbocycles. The third-order valence-electron chi connectivity index (χ3n) is 2.95. The minimum Gasteiger partial charge on any atom is -0.319 e. The number of aromatic nitrogens is 3. The quantitative estimate of drug-likeness (QED) is 0.677. The summed E-state index contributed by atoms with van der Waals surface area (Å²) in [4.78, 5) is 9.20. The van der Waals surface area contributed by atoms with Crippen LogP contribution in [0.5, 0.6) is 0 Å². The van der Waals surface area contributed by atoms with Crippen LogP contribution in [0.1, 0.15) is 17.6 Å². The molecule has 19 heavy (non-hydrogen) atoms. The van der Waals surface area contributed by atoms with Crippen molar-refractivity contribution in [2.24, 2.45) is 0 Å². The summed E-state index contributed by atoms with van der Waals surface area (Å²) in [6.07, 6.45) is 0. The van der Waals surface area contributed by atoms with Crippen LogP contribution in [0.15, 0.2) is 34.8 Å². The summed E-state index contributed by atoms with van der Waals surface area (Å²) in [5.74, 6) is 0.883. The van der Waals surface area contributed by atoms with Gasteiger partial charge in [0, 0.05) is 17.7 Å². The highest BCUT2D eigenvalue weighted by Gasteiger charge is 2.10. The molecule has 3 aromatic rings. The molecule has 0 saturated heterocycles. The van der Waals surface area contributed by atoms with E-state index in [-0.39, 0.29) is 0 Å². The summed E-state index contributed by atoms with van der Waals surface area (Å²) >= 11 is 3.46. The summed E-state index contributed by atoms with van der Waals surface area (Å²) in [6.45, 7) is 5.14. The van der Waals surface area contributed by atoms with E-state index in [9.17, 15) is 0 Å². The molecule has 0 bridgehead atoms. The molecular formula is C14H15N3S2. The third-order valence-corrected chi connectivity index (χ3v) is 4.78. The maximum Gasteiger partial charge on any atom is 0.169 e. The second-order valence-corrected chi connectivity index (χ2v) is 6.28. The molecule has 2 heterocycles. The number of aryl methyl sites for hydroxylation is 2. The second kappa shape index (κ2) is 5.35. The number of benzene rings is 1. The van der Waals surface area contributed by atoms with Crippen molar-refractivity contribution in [3.63, 3.8) is 0 Å². The summed E-state index contributed by atoms with van der Waals surface area (Å²) in [7, 11) is 0. The smallest absolute Gasteiger partial charge is 0.169 e. The largest absolute Gasteiger partial charge is 0.319 e. The highest BCUT2D eigenvalue weighted by molar-refractivity contribution is 7.98. The third kappa shape index (κ3) is 2.53. The van der Waals surface area contributed by atoms with Crippen molar-refractivity contribution in [2.45, 2.75) is 31.3 Å². The number of fused-ring (bicyclic) bond motifs is 1. The van der Waals surface area contributed by atoms with E-state index in [0.29, 0.717) is 0 Å². The molecule has 3 nitrogen and oxygen atoms in total. The fourth-order valence-electron chi connectivity index (χ4n) is 2.08. The molecule has 0 aliphatic heterocycles. The van der Waals surface area contributed by atoms with Crippen molar-refractivity contribution in [3.05, 3.63) is 40.3 Å². The number of para-hydroxylation sites is 2.